The predicted molar refractivity (Wildman–Crippen MR) is 138 cm³/mol. The molecule has 1 saturated heterocycles. The molecule has 38 heavy (non-hydrogen) atoms. The second-order valence-electron chi connectivity index (χ2n) is 9.91. The van der Waals surface area contributed by atoms with Crippen LogP contribution in [-0.4, -0.2) is 58.7 Å². The molecule has 1 aliphatic rings. The summed E-state index contributed by atoms with van der Waals surface area (Å²) in [5.74, 6) is 1.40. The van der Waals surface area contributed by atoms with Crippen molar-refractivity contribution in [1.29, 1.82) is 5.26 Å². The SMILES string of the molecule is Cn1c(Nc2cc(C(C)(C)C)n([C@@H]3COC[C@@H]3O)n2)nc2ncc(O/C(=C/N)c3cnccn3)c(C#N)c21. The number of aromatic nitrogens is 7. The Morgan fingerprint density at radius 2 is 2.11 bits per heavy atom. The summed E-state index contributed by atoms with van der Waals surface area (Å²) in [6.45, 7) is 6.89. The van der Waals surface area contributed by atoms with E-state index in [0.717, 1.165) is 5.69 Å². The molecule has 4 aromatic rings. The Kier molecular flexibility index (Phi) is 6.43. The molecule has 5 heterocycles. The third-order valence-electron chi connectivity index (χ3n) is 6.24. The minimum Gasteiger partial charge on any atom is -0.450 e. The van der Waals surface area contributed by atoms with E-state index in [1.165, 1.54) is 31.0 Å². The molecule has 1 aliphatic heterocycles. The normalized spacial score (nSPS) is 18.1. The maximum atomic E-state index is 10.4. The van der Waals surface area contributed by atoms with Crippen LogP contribution >= 0.6 is 0 Å². The lowest BCUT2D eigenvalue weighted by atomic mass is 9.91. The van der Waals surface area contributed by atoms with Crippen LogP contribution in [0.3, 0.4) is 0 Å². The number of anilines is 2. The zero-order chi connectivity index (χ0) is 27.0. The largest absolute Gasteiger partial charge is 0.450 e. The molecule has 0 radical (unpaired) electrons. The summed E-state index contributed by atoms with van der Waals surface area (Å²) in [4.78, 5) is 17.2. The summed E-state index contributed by atoms with van der Waals surface area (Å²) in [7, 11) is 1.77. The Morgan fingerprint density at radius 1 is 1.29 bits per heavy atom. The lowest BCUT2D eigenvalue weighted by Crippen LogP contribution is -2.28. The van der Waals surface area contributed by atoms with Crippen molar-refractivity contribution in [2.75, 3.05) is 18.5 Å². The molecule has 0 aromatic carbocycles. The van der Waals surface area contributed by atoms with Crippen LogP contribution in [0.25, 0.3) is 16.9 Å². The molecular formula is C25H28N10O3. The highest BCUT2D eigenvalue weighted by molar-refractivity contribution is 5.84. The molecule has 2 atom stereocenters. The van der Waals surface area contributed by atoms with E-state index in [9.17, 15) is 10.4 Å². The number of hydrogen-bond acceptors (Lipinski definition) is 11. The number of aliphatic hydroxyl groups is 1. The number of fused-ring (bicyclic) bond motifs is 1. The van der Waals surface area contributed by atoms with Crippen molar-refractivity contribution >= 4 is 28.7 Å². The highest BCUT2D eigenvalue weighted by Crippen LogP contribution is 2.33. The minimum atomic E-state index is -0.644. The number of nitriles is 1. The molecule has 0 bridgehead atoms. The van der Waals surface area contributed by atoms with Gasteiger partial charge in [-0.25, -0.2) is 9.97 Å². The monoisotopic (exact) mass is 516 g/mol. The van der Waals surface area contributed by atoms with Crippen molar-refractivity contribution in [3.05, 3.63) is 54.0 Å². The standard InChI is InChI=1S/C25H28N10O3/c1-25(2,3)20-7-21(33-35(20)16-12-37-13-17(16)36)31-24-32-23-22(34(24)4)14(8-26)19(11-30-23)38-18(9-27)15-10-28-5-6-29-15/h5-7,9-11,16-17,36H,12-13,27H2,1-4H3,(H,30,31,32,33)/b18-9+/t16-,17+/m1/s1. The fraction of sp³-hybridized carbons (Fsp3) is 0.360. The van der Waals surface area contributed by atoms with Crippen molar-refractivity contribution in [3.8, 4) is 11.8 Å². The van der Waals surface area contributed by atoms with E-state index in [2.05, 4.69) is 52.1 Å². The number of nitrogens with two attached hydrogens (primary N) is 1. The molecule has 13 heteroatoms. The van der Waals surface area contributed by atoms with Gasteiger partial charge in [0.25, 0.3) is 0 Å². The summed E-state index contributed by atoms with van der Waals surface area (Å²) >= 11 is 0. The molecule has 5 rings (SSSR count). The van der Waals surface area contributed by atoms with E-state index >= 15 is 0 Å². The summed E-state index contributed by atoms with van der Waals surface area (Å²) in [5.41, 5.74) is 7.92. The van der Waals surface area contributed by atoms with Crippen LogP contribution < -0.4 is 15.8 Å². The van der Waals surface area contributed by atoms with Gasteiger partial charge < -0.3 is 30.2 Å². The number of aryl methyl sites for hydroxylation is 1. The maximum absolute atomic E-state index is 10.4. The number of rotatable bonds is 6. The Balaban J connectivity index is 1.51. The highest BCUT2D eigenvalue weighted by atomic mass is 16.5. The van der Waals surface area contributed by atoms with Crippen LogP contribution in [0.2, 0.25) is 0 Å². The first-order chi connectivity index (χ1) is 18.2. The number of ether oxygens (including phenoxy) is 2. The summed E-state index contributed by atoms with van der Waals surface area (Å²) in [6.07, 6.45) is 6.58. The number of hydrogen-bond donors (Lipinski definition) is 3. The number of aliphatic hydroxyl groups excluding tert-OH is 1. The van der Waals surface area contributed by atoms with Gasteiger partial charge in [0.05, 0.1) is 25.6 Å². The molecule has 196 valence electrons. The average molecular weight is 517 g/mol. The first-order valence-corrected chi connectivity index (χ1v) is 12.0. The number of nitrogens with zero attached hydrogens (tertiary/aromatic N) is 8. The predicted octanol–water partition coefficient (Wildman–Crippen LogP) is 2.14. The van der Waals surface area contributed by atoms with Crippen LogP contribution in [0.15, 0.2) is 37.1 Å². The van der Waals surface area contributed by atoms with Crippen molar-refractivity contribution in [2.45, 2.75) is 38.3 Å². The molecule has 0 aliphatic carbocycles. The van der Waals surface area contributed by atoms with Crippen LogP contribution in [-0.2, 0) is 17.2 Å². The van der Waals surface area contributed by atoms with Crippen LogP contribution in [0.5, 0.6) is 5.75 Å². The molecule has 4 aromatic heterocycles. The van der Waals surface area contributed by atoms with Crippen LogP contribution in [0.1, 0.15) is 43.8 Å². The Hall–Kier alpha value is -4.54. The van der Waals surface area contributed by atoms with E-state index < -0.39 is 6.10 Å². The van der Waals surface area contributed by atoms with Gasteiger partial charge in [0, 0.05) is 42.8 Å². The summed E-state index contributed by atoms with van der Waals surface area (Å²) in [6, 6.07) is 3.83. The van der Waals surface area contributed by atoms with Gasteiger partial charge in [0.2, 0.25) is 5.95 Å². The third-order valence-corrected chi connectivity index (χ3v) is 6.24. The Bertz CT molecular complexity index is 1550. The van der Waals surface area contributed by atoms with Crippen LogP contribution in [0, 0.1) is 11.3 Å². The minimum absolute atomic E-state index is 0.200. The smallest absolute Gasteiger partial charge is 0.210 e. The van der Waals surface area contributed by atoms with Gasteiger partial charge in [0.1, 0.15) is 35.0 Å². The number of nitrogens with one attached hydrogen (secondary N) is 1. The molecular weight excluding hydrogens is 488 g/mol. The van der Waals surface area contributed by atoms with Gasteiger partial charge >= 0.3 is 0 Å². The third kappa shape index (κ3) is 4.51. The van der Waals surface area contributed by atoms with Crippen molar-refractivity contribution in [2.24, 2.45) is 12.8 Å². The lowest BCUT2D eigenvalue weighted by Gasteiger charge is -2.24. The topological polar surface area (TPSA) is 175 Å². The number of imidazole rings is 1. The molecule has 0 spiro atoms. The van der Waals surface area contributed by atoms with Gasteiger partial charge in [0.15, 0.2) is 23.0 Å². The number of pyridine rings is 1. The van der Waals surface area contributed by atoms with Crippen molar-refractivity contribution in [1.82, 2.24) is 34.3 Å². The van der Waals surface area contributed by atoms with E-state index in [0.29, 0.717) is 35.2 Å². The second-order valence-corrected chi connectivity index (χ2v) is 9.91. The average Bonchev–Trinajstić information content (AvgIpc) is 3.60. The molecule has 13 nitrogen and oxygen atoms in total. The molecule has 0 saturated carbocycles. The lowest BCUT2D eigenvalue weighted by molar-refractivity contribution is 0.117. The van der Waals surface area contributed by atoms with Gasteiger partial charge in [-0.15, -0.1) is 0 Å². The fourth-order valence-corrected chi connectivity index (χ4v) is 4.32. The quantitative estimate of drug-likeness (QED) is 0.320. The maximum Gasteiger partial charge on any atom is 0.210 e. The zero-order valence-electron chi connectivity index (χ0n) is 21.5. The van der Waals surface area contributed by atoms with Crippen LogP contribution in [0.4, 0.5) is 11.8 Å². The Morgan fingerprint density at radius 3 is 2.74 bits per heavy atom. The van der Waals surface area contributed by atoms with Crippen molar-refractivity contribution in [3.63, 3.8) is 0 Å². The molecule has 0 amide bonds. The van der Waals surface area contributed by atoms with E-state index in [-0.39, 0.29) is 35.1 Å². The van der Waals surface area contributed by atoms with E-state index in [1.807, 2.05) is 10.7 Å². The fourth-order valence-electron chi connectivity index (χ4n) is 4.32. The van der Waals surface area contributed by atoms with Gasteiger partial charge in [-0.05, 0) is 0 Å². The first-order valence-electron chi connectivity index (χ1n) is 12.0. The molecule has 4 N–H and O–H groups in total. The summed E-state index contributed by atoms with van der Waals surface area (Å²) in [5, 5.41) is 28.4. The highest BCUT2D eigenvalue weighted by Gasteiger charge is 2.33. The first kappa shape index (κ1) is 25.1. The zero-order valence-corrected chi connectivity index (χ0v) is 21.5. The Labute approximate surface area is 218 Å². The van der Waals surface area contributed by atoms with Gasteiger partial charge in [-0.3, -0.25) is 9.67 Å². The van der Waals surface area contributed by atoms with Gasteiger partial charge in [-0.2, -0.15) is 15.3 Å². The van der Waals surface area contributed by atoms with Crippen molar-refractivity contribution < 1.29 is 14.6 Å². The van der Waals surface area contributed by atoms with E-state index in [4.69, 9.17) is 20.3 Å². The van der Waals surface area contributed by atoms with E-state index in [1.54, 1.807) is 11.6 Å². The molecule has 1 fully saturated rings. The molecule has 0 unspecified atom stereocenters. The van der Waals surface area contributed by atoms with Gasteiger partial charge in [-0.1, -0.05) is 20.8 Å². The second kappa shape index (κ2) is 9.73. The summed E-state index contributed by atoms with van der Waals surface area (Å²) < 4.78 is 14.9.